The maximum absolute atomic E-state index is 12.5. The number of aliphatic hydroxyl groups is 1. The average molecular weight is 504 g/mol. The van der Waals surface area contributed by atoms with E-state index in [2.05, 4.69) is 39.9 Å². The summed E-state index contributed by atoms with van der Waals surface area (Å²) in [4.78, 5) is 24.4. The maximum Gasteiger partial charge on any atom is 0.303 e. The van der Waals surface area contributed by atoms with E-state index < -0.39 is 11.7 Å². The summed E-state index contributed by atoms with van der Waals surface area (Å²) in [6, 6.07) is -0.371. The molecule has 5 heteroatoms. The van der Waals surface area contributed by atoms with Gasteiger partial charge in [0.1, 0.15) is 11.7 Å². The van der Waals surface area contributed by atoms with E-state index in [1.807, 2.05) is 0 Å². The molecule has 0 saturated heterocycles. The molecule has 4 aliphatic carbocycles. The second-order valence-corrected chi connectivity index (χ2v) is 14.1. The fraction of sp³-hybridized carbons (Fsp3) is 0.935. The lowest BCUT2D eigenvalue weighted by Gasteiger charge is -2.66. The monoisotopic (exact) mass is 503 g/mol. The van der Waals surface area contributed by atoms with Gasteiger partial charge in [0, 0.05) is 19.3 Å². The number of carbonyl (C=O) groups is 2. The van der Waals surface area contributed by atoms with Gasteiger partial charge in [0.25, 0.3) is 0 Å². The highest BCUT2D eigenvalue weighted by atomic mass is 16.6. The minimum Gasteiger partial charge on any atom is -0.459 e. The zero-order valence-corrected chi connectivity index (χ0v) is 24.1. The molecule has 4 rings (SSSR count). The number of hydrogen-bond acceptors (Lipinski definition) is 4. The van der Waals surface area contributed by atoms with Crippen LogP contribution in [0, 0.1) is 46.3 Å². The lowest BCUT2D eigenvalue weighted by molar-refractivity contribution is -0.268. The molecular formula is C31H53NO4. The predicted molar refractivity (Wildman–Crippen MR) is 143 cm³/mol. The van der Waals surface area contributed by atoms with Crippen molar-refractivity contribution in [2.75, 3.05) is 0 Å². The second kappa shape index (κ2) is 10.2. The first-order valence-corrected chi connectivity index (χ1v) is 15.0. The number of nitrogens with one attached hydrogen (secondary N) is 1. The minimum atomic E-state index is -1.22. The van der Waals surface area contributed by atoms with Gasteiger partial charge in [-0.2, -0.15) is 0 Å². The van der Waals surface area contributed by atoms with Crippen LogP contribution in [-0.2, 0) is 14.3 Å². The molecule has 0 aromatic heterocycles. The van der Waals surface area contributed by atoms with Crippen molar-refractivity contribution in [1.29, 1.82) is 0 Å². The smallest absolute Gasteiger partial charge is 0.303 e. The van der Waals surface area contributed by atoms with Gasteiger partial charge >= 0.3 is 5.97 Å². The van der Waals surface area contributed by atoms with E-state index in [-0.39, 0.29) is 23.3 Å². The molecule has 0 spiro atoms. The van der Waals surface area contributed by atoms with Crippen LogP contribution in [0.25, 0.3) is 0 Å². The third-order valence-corrected chi connectivity index (χ3v) is 11.8. The molecule has 0 aromatic rings. The van der Waals surface area contributed by atoms with E-state index >= 15 is 0 Å². The number of ether oxygens (including phenoxy) is 1. The Morgan fingerprint density at radius 2 is 1.72 bits per heavy atom. The van der Waals surface area contributed by atoms with E-state index in [9.17, 15) is 14.7 Å². The fourth-order valence-corrected chi connectivity index (χ4v) is 10.2. The molecule has 0 aromatic carbocycles. The largest absolute Gasteiger partial charge is 0.459 e. The van der Waals surface area contributed by atoms with Crippen LogP contribution in [-0.4, -0.2) is 34.7 Å². The number of rotatable bonds is 7. The van der Waals surface area contributed by atoms with Gasteiger partial charge in [0.2, 0.25) is 5.91 Å². The van der Waals surface area contributed by atoms with Gasteiger partial charge in [0.05, 0.1) is 6.04 Å². The van der Waals surface area contributed by atoms with Crippen molar-refractivity contribution in [1.82, 2.24) is 5.32 Å². The Hall–Kier alpha value is -1.10. The molecule has 4 aliphatic rings. The molecule has 36 heavy (non-hydrogen) atoms. The van der Waals surface area contributed by atoms with Gasteiger partial charge in [-0.15, -0.1) is 0 Å². The van der Waals surface area contributed by atoms with Gasteiger partial charge in [-0.1, -0.05) is 60.3 Å². The molecule has 0 unspecified atom stereocenters. The van der Waals surface area contributed by atoms with Crippen molar-refractivity contribution in [3.63, 3.8) is 0 Å². The first kappa shape index (κ1) is 27.9. The molecule has 0 heterocycles. The van der Waals surface area contributed by atoms with Crippen molar-refractivity contribution >= 4 is 11.9 Å². The molecule has 0 bridgehead atoms. The molecule has 4 fully saturated rings. The fourth-order valence-electron chi connectivity index (χ4n) is 10.2. The van der Waals surface area contributed by atoms with Crippen LogP contribution in [0.4, 0.5) is 0 Å². The predicted octanol–water partition coefficient (Wildman–Crippen LogP) is 6.27. The van der Waals surface area contributed by atoms with Crippen LogP contribution in [0.2, 0.25) is 0 Å². The standard InChI is InChI=1S/C31H53NO4/c1-19(2)10-8-11-20(3)24-13-14-25-23-18-28(36-22(5)34)31(35)27(32-21(4)33)12-9-16-30(31,7)26(23)15-17-29(24,25)6/h19-20,23-28,35H,8-18H2,1-7H3,(H,32,33)/t20-,23+,24-,25+,26+,27-,28-,29-,30-,31-/m1/s1. The Bertz CT molecular complexity index is 827. The van der Waals surface area contributed by atoms with Crippen molar-refractivity contribution < 1.29 is 19.4 Å². The number of amides is 1. The lowest BCUT2D eigenvalue weighted by Crippen LogP contribution is -2.75. The highest BCUT2D eigenvalue weighted by molar-refractivity contribution is 5.73. The SMILES string of the molecule is CC(=O)N[C@@H]1CCC[C@]2(C)[C@H]3CC[C@]4(C)[C@@H]([C@H](C)CCCC(C)C)CC[C@H]4[C@@H]3C[C@@H](OC(C)=O)[C@]12O. The Morgan fingerprint density at radius 3 is 2.36 bits per heavy atom. The average Bonchev–Trinajstić information content (AvgIpc) is 3.12. The van der Waals surface area contributed by atoms with Crippen molar-refractivity contribution in [3.8, 4) is 0 Å². The van der Waals surface area contributed by atoms with E-state index in [1.165, 1.54) is 52.4 Å². The van der Waals surface area contributed by atoms with E-state index in [4.69, 9.17) is 4.74 Å². The Morgan fingerprint density at radius 1 is 1.00 bits per heavy atom. The van der Waals surface area contributed by atoms with Crippen LogP contribution in [0.5, 0.6) is 0 Å². The molecule has 2 N–H and O–H groups in total. The minimum absolute atomic E-state index is 0.123. The number of esters is 1. The van der Waals surface area contributed by atoms with Crippen molar-refractivity contribution in [3.05, 3.63) is 0 Å². The summed E-state index contributed by atoms with van der Waals surface area (Å²) >= 11 is 0. The molecule has 1 amide bonds. The Kier molecular flexibility index (Phi) is 7.93. The van der Waals surface area contributed by atoms with Crippen LogP contribution in [0.3, 0.4) is 0 Å². The highest BCUT2D eigenvalue weighted by Crippen LogP contribution is 2.69. The zero-order valence-electron chi connectivity index (χ0n) is 24.1. The van der Waals surface area contributed by atoms with Crippen LogP contribution in [0.1, 0.15) is 119 Å². The molecule has 0 radical (unpaired) electrons. The third-order valence-electron chi connectivity index (χ3n) is 11.8. The van der Waals surface area contributed by atoms with Crippen LogP contribution < -0.4 is 5.32 Å². The molecule has 0 aliphatic heterocycles. The topological polar surface area (TPSA) is 75.6 Å². The Balaban J connectivity index is 1.63. The van der Waals surface area contributed by atoms with Gasteiger partial charge < -0.3 is 15.2 Å². The number of carbonyl (C=O) groups excluding carboxylic acids is 2. The first-order valence-electron chi connectivity index (χ1n) is 15.0. The van der Waals surface area contributed by atoms with Crippen LogP contribution >= 0.6 is 0 Å². The summed E-state index contributed by atoms with van der Waals surface area (Å²) in [6.45, 7) is 14.9. The quantitative estimate of drug-likeness (QED) is 0.402. The number of fused-ring (bicyclic) bond motifs is 5. The summed E-state index contributed by atoms with van der Waals surface area (Å²) in [5.41, 5.74) is -1.26. The maximum atomic E-state index is 12.5. The third kappa shape index (κ3) is 4.54. The van der Waals surface area contributed by atoms with E-state index in [0.717, 1.165) is 49.9 Å². The summed E-state index contributed by atoms with van der Waals surface area (Å²) < 4.78 is 5.98. The van der Waals surface area contributed by atoms with Crippen LogP contribution in [0.15, 0.2) is 0 Å². The summed E-state index contributed by atoms with van der Waals surface area (Å²) in [6.07, 6.45) is 11.7. The van der Waals surface area contributed by atoms with E-state index in [0.29, 0.717) is 23.2 Å². The van der Waals surface area contributed by atoms with E-state index in [1.54, 1.807) is 0 Å². The van der Waals surface area contributed by atoms with Gasteiger partial charge in [0.15, 0.2) is 0 Å². The lowest BCUT2D eigenvalue weighted by atomic mass is 9.41. The summed E-state index contributed by atoms with van der Waals surface area (Å²) in [5, 5.41) is 15.6. The van der Waals surface area contributed by atoms with Crippen molar-refractivity contribution in [2.45, 2.75) is 137 Å². The Labute approximate surface area is 219 Å². The molecule has 206 valence electrons. The van der Waals surface area contributed by atoms with Gasteiger partial charge in [-0.3, -0.25) is 9.59 Å². The first-order chi connectivity index (χ1) is 16.8. The molecule has 4 saturated carbocycles. The molecule has 5 nitrogen and oxygen atoms in total. The van der Waals surface area contributed by atoms with Gasteiger partial charge in [-0.25, -0.2) is 0 Å². The number of hydrogen-bond donors (Lipinski definition) is 2. The summed E-state index contributed by atoms with van der Waals surface area (Å²) in [5.74, 6) is 3.31. The van der Waals surface area contributed by atoms with Crippen molar-refractivity contribution in [2.24, 2.45) is 46.3 Å². The highest BCUT2D eigenvalue weighted by Gasteiger charge is 2.70. The molecule has 10 atom stereocenters. The van der Waals surface area contributed by atoms with Gasteiger partial charge in [-0.05, 0) is 85.9 Å². The second-order valence-electron chi connectivity index (χ2n) is 14.1. The summed E-state index contributed by atoms with van der Waals surface area (Å²) in [7, 11) is 0. The zero-order chi connectivity index (χ0) is 26.5. The molecular weight excluding hydrogens is 450 g/mol. The normalized spacial score (nSPS) is 44.8.